The Balaban J connectivity index is 1.46. The Hall–Kier alpha value is -2.79. The SMILES string of the molecule is Cc1ccc2nc(C)c(C(=O)N3CCN(Cc4ccccn4)CC3)cc2c1. The molecule has 3 heterocycles. The number of hydrogen-bond acceptors (Lipinski definition) is 4. The van der Waals surface area contributed by atoms with E-state index in [0.29, 0.717) is 5.56 Å². The van der Waals surface area contributed by atoms with Crippen molar-refractivity contribution >= 4 is 16.8 Å². The lowest BCUT2D eigenvalue weighted by Crippen LogP contribution is -2.48. The van der Waals surface area contributed by atoms with E-state index in [1.807, 2.05) is 48.4 Å². The summed E-state index contributed by atoms with van der Waals surface area (Å²) in [5.41, 5.74) is 4.70. The molecule has 1 amide bonds. The van der Waals surface area contributed by atoms with E-state index in [1.165, 1.54) is 5.56 Å². The lowest BCUT2D eigenvalue weighted by atomic mass is 10.1. The Morgan fingerprint density at radius 3 is 2.59 bits per heavy atom. The van der Waals surface area contributed by atoms with Crippen molar-refractivity contribution < 1.29 is 4.79 Å². The van der Waals surface area contributed by atoms with Crippen LogP contribution in [-0.4, -0.2) is 51.9 Å². The second-order valence-corrected chi connectivity index (χ2v) is 7.21. The zero-order valence-corrected chi connectivity index (χ0v) is 15.9. The van der Waals surface area contributed by atoms with Gasteiger partial charge in [-0.3, -0.25) is 19.7 Å². The number of hydrogen-bond donors (Lipinski definition) is 0. The number of amides is 1. The van der Waals surface area contributed by atoms with Crippen LogP contribution in [0.2, 0.25) is 0 Å². The van der Waals surface area contributed by atoms with Crippen LogP contribution in [0.1, 0.15) is 27.3 Å². The molecule has 1 fully saturated rings. The third kappa shape index (κ3) is 3.83. The van der Waals surface area contributed by atoms with E-state index >= 15 is 0 Å². The molecule has 2 aromatic heterocycles. The first-order valence-electron chi connectivity index (χ1n) is 9.40. The second-order valence-electron chi connectivity index (χ2n) is 7.21. The standard InChI is InChI=1S/C22H24N4O/c1-16-6-7-21-18(13-16)14-20(17(2)24-21)22(27)26-11-9-25(10-12-26)15-19-5-3-4-8-23-19/h3-8,13-14H,9-12,15H2,1-2H3. The van der Waals surface area contributed by atoms with Gasteiger partial charge in [-0.1, -0.05) is 17.7 Å². The molecular formula is C22H24N4O. The van der Waals surface area contributed by atoms with E-state index < -0.39 is 0 Å². The van der Waals surface area contributed by atoms with E-state index in [1.54, 1.807) is 0 Å². The molecule has 3 aromatic rings. The van der Waals surface area contributed by atoms with E-state index in [4.69, 9.17) is 0 Å². The highest BCUT2D eigenvalue weighted by Crippen LogP contribution is 2.20. The summed E-state index contributed by atoms with van der Waals surface area (Å²) in [5.74, 6) is 0.0842. The number of nitrogens with zero attached hydrogens (tertiary/aromatic N) is 4. The van der Waals surface area contributed by atoms with Crippen LogP contribution in [0.5, 0.6) is 0 Å². The van der Waals surface area contributed by atoms with Crippen LogP contribution in [0.4, 0.5) is 0 Å². The molecule has 0 N–H and O–H groups in total. The van der Waals surface area contributed by atoms with Crippen molar-refractivity contribution in [3.8, 4) is 0 Å². The van der Waals surface area contributed by atoms with Gasteiger partial charge in [0.05, 0.1) is 22.5 Å². The van der Waals surface area contributed by atoms with Crippen molar-refractivity contribution in [2.24, 2.45) is 0 Å². The molecule has 4 rings (SSSR count). The van der Waals surface area contributed by atoms with Gasteiger partial charge in [-0.05, 0) is 44.2 Å². The number of carbonyl (C=O) groups is 1. The zero-order valence-electron chi connectivity index (χ0n) is 15.9. The van der Waals surface area contributed by atoms with Crippen LogP contribution in [0.15, 0.2) is 48.7 Å². The summed E-state index contributed by atoms with van der Waals surface area (Å²) < 4.78 is 0. The van der Waals surface area contributed by atoms with Gasteiger partial charge in [0.1, 0.15) is 0 Å². The van der Waals surface area contributed by atoms with E-state index in [0.717, 1.165) is 55.0 Å². The molecule has 0 radical (unpaired) electrons. The smallest absolute Gasteiger partial charge is 0.255 e. The normalized spacial score (nSPS) is 15.3. The maximum absolute atomic E-state index is 13.1. The predicted molar refractivity (Wildman–Crippen MR) is 107 cm³/mol. The van der Waals surface area contributed by atoms with Gasteiger partial charge in [0, 0.05) is 44.3 Å². The van der Waals surface area contributed by atoms with Crippen molar-refractivity contribution in [2.75, 3.05) is 26.2 Å². The van der Waals surface area contributed by atoms with Gasteiger partial charge in [-0.2, -0.15) is 0 Å². The van der Waals surface area contributed by atoms with Crippen molar-refractivity contribution in [2.45, 2.75) is 20.4 Å². The first-order valence-corrected chi connectivity index (χ1v) is 9.40. The molecule has 1 aliphatic rings. The Morgan fingerprint density at radius 2 is 1.85 bits per heavy atom. The van der Waals surface area contributed by atoms with Crippen LogP contribution in [-0.2, 0) is 6.54 Å². The van der Waals surface area contributed by atoms with E-state index in [9.17, 15) is 4.79 Å². The summed E-state index contributed by atoms with van der Waals surface area (Å²) in [7, 11) is 0. The number of pyridine rings is 2. The summed E-state index contributed by atoms with van der Waals surface area (Å²) in [4.78, 5) is 26.4. The van der Waals surface area contributed by atoms with Gasteiger partial charge in [0.2, 0.25) is 0 Å². The van der Waals surface area contributed by atoms with E-state index in [-0.39, 0.29) is 5.91 Å². The molecule has 1 saturated heterocycles. The fourth-order valence-electron chi connectivity index (χ4n) is 3.61. The van der Waals surface area contributed by atoms with Crippen LogP contribution < -0.4 is 0 Å². The van der Waals surface area contributed by atoms with Crippen LogP contribution in [0.25, 0.3) is 10.9 Å². The molecule has 1 aliphatic heterocycles. The third-order valence-electron chi connectivity index (χ3n) is 5.16. The Morgan fingerprint density at radius 1 is 1.04 bits per heavy atom. The van der Waals surface area contributed by atoms with Gasteiger partial charge in [-0.25, -0.2) is 0 Å². The molecular weight excluding hydrogens is 336 g/mol. The number of benzene rings is 1. The average molecular weight is 360 g/mol. The van der Waals surface area contributed by atoms with Crippen molar-refractivity contribution in [3.05, 3.63) is 71.2 Å². The van der Waals surface area contributed by atoms with Gasteiger partial charge >= 0.3 is 0 Å². The minimum atomic E-state index is 0.0842. The van der Waals surface area contributed by atoms with Crippen LogP contribution in [0, 0.1) is 13.8 Å². The fourth-order valence-corrected chi connectivity index (χ4v) is 3.61. The zero-order chi connectivity index (χ0) is 18.8. The molecule has 138 valence electrons. The molecule has 0 bridgehead atoms. The summed E-state index contributed by atoms with van der Waals surface area (Å²) >= 11 is 0. The van der Waals surface area contributed by atoms with Crippen LogP contribution in [0.3, 0.4) is 0 Å². The number of aromatic nitrogens is 2. The quantitative estimate of drug-likeness (QED) is 0.720. The number of carbonyl (C=O) groups excluding carboxylic acids is 1. The van der Waals surface area contributed by atoms with Gasteiger partial charge in [0.15, 0.2) is 0 Å². The Labute approximate surface area is 159 Å². The average Bonchev–Trinajstić information content (AvgIpc) is 2.69. The Bertz CT molecular complexity index is 963. The minimum absolute atomic E-state index is 0.0842. The third-order valence-corrected chi connectivity index (χ3v) is 5.16. The molecule has 0 spiro atoms. The lowest BCUT2D eigenvalue weighted by Gasteiger charge is -2.34. The number of rotatable bonds is 3. The van der Waals surface area contributed by atoms with Crippen LogP contribution >= 0.6 is 0 Å². The molecule has 0 aliphatic carbocycles. The lowest BCUT2D eigenvalue weighted by molar-refractivity contribution is 0.0626. The molecule has 0 atom stereocenters. The first-order chi connectivity index (χ1) is 13.1. The van der Waals surface area contributed by atoms with E-state index in [2.05, 4.69) is 33.9 Å². The molecule has 1 aromatic carbocycles. The topological polar surface area (TPSA) is 49.3 Å². The molecule has 5 nitrogen and oxygen atoms in total. The maximum Gasteiger partial charge on any atom is 0.255 e. The maximum atomic E-state index is 13.1. The summed E-state index contributed by atoms with van der Waals surface area (Å²) in [6, 6.07) is 14.1. The summed E-state index contributed by atoms with van der Waals surface area (Å²) in [6.45, 7) is 8.00. The largest absolute Gasteiger partial charge is 0.336 e. The number of fused-ring (bicyclic) bond motifs is 1. The predicted octanol–water partition coefficient (Wildman–Crippen LogP) is 3.20. The highest BCUT2D eigenvalue weighted by atomic mass is 16.2. The van der Waals surface area contributed by atoms with Crippen molar-refractivity contribution in [1.82, 2.24) is 19.8 Å². The van der Waals surface area contributed by atoms with Gasteiger partial charge in [0.25, 0.3) is 5.91 Å². The second kappa shape index (κ2) is 7.45. The van der Waals surface area contributed by atoms with Crippen molar-refractivity contribution in [3.63, 3.8) is 0 Å². The highest BCUT2D eigenvalue weighted by Gasteiger charge is 2.24. The number of aryl methyl sites for hydroxylation is 2. The molecule has 0 saturated carbocycles. The fraction of sp³-hybridized carbons (Fsp3) is 0.318. The minimum Gasteiger partial charge on any atom is -0.336 e. The molecule has 5 heteroatoms. The highest BCUT2D eigenvalue weighted by molar-refractivity contribution is 5.98. The molecule has 27 heavy (non-hydrogen) atoms. The summed E-state index contributed by atoms with van der Waals surface area (Å²) in [5, 5.41) is 1.03. The van der Waals surface area contributed by atoms with Gasteiger partial charge < -0.3 is 4.90 Å². The first kappa shape index (κ1) is 17.6. The summed E-state index contributed by atoms with van der Waals surface area (Å²) in [6.07, 6.45) is 1.83. The Kier molecular flexibility index (Phi) is 4.86. The van der Waals surface area contributed by atoms with Crippen molar-refractivity contribution in [1.29, 1.82) is 0 Å². The monoisotopic (exact) mass is 360 g/mol. The van der Waals surface area contributed by atoms with Gasteiger partial charge in [-0.15, -0.1) is 0 Å². The number of piperazine rings is 1. The molecule has 0 unspecified atom stereocenters.